The number of carbonyl (C=O) groups is 2. The second kappa shape index (κ2) is 11.8. The van der Waals surface area contributed by atoms with Crippen molar-refractivity contribution >= 4 is 17.7 Å². The van der Waals surface area contributed by atoms with Crippen molar-refractivity contribution < 1.29 is 14.3 Å². The third kappa shape index (κ3) is 6.43. The maximum atomic E-state index is 13.6. The first-order chi connectivity index (χ1) is 17.1. The van der Waals surface area contributed by atoms with Crippen LogP contribution in [0.25, 0.3) is 0 Å². The van der Waals surface area contributed by atoms with Crippen molar-refractivity contribution in [1.82, 2.24) is 15.6 Å². The van der Waals surface area contributed by atoms with Crippen molar-refractivity contribution in [1.29, 1.82) is 5.26 Å². The van der Waals surface area contributed by atoms with E-state index in [1.807, 2.05) is 24.3 Å². The molecule has 2 aromatic carbocycles. The van der Waals surface area contributed by atoms with Gasteiger partial charge in [-0.2, -0.15) is 5.26 Å². The lowest BCUT2D eigenvalue weighted by atomic mass is 9.86. The van der Waals surface area contributed by atoms with Gasteiger partial charge in [0.2, 0.25) is 6.10 Å². The maximum Gasteiger partial charge on any atom is 0.412 e. The summed E-state index contributed by atoms with van der Waals surface area (Å²) in [5.74, 6) is -0.155. The molecular weight excluding hydrogens is 442 g/mol. The predicted octanol–water partition coefficient (Wildman–Crippen LogP) is 4.10. The van der Waals surface area contributed by atoms with Gasteiger partial charge < -0.3 is 15.4 Å². The summed E-state index contributed by atoms with van der Waals surface area (Å²) < 4.78 is 5.63. The van der Waals surface area contributed by atoms with Crippen LogP contribution in [-0.2, 0) is 9.53 Å². The highest BCUT2D eigenvalue weighted by Crippen LogP contribution is 2.30. The number of piperidine rings is 1. The number of rotatable bonds is 7. The number of hydrogen-bond acceptors (Lipinski definition) is 6. The van der Waals surface area contributed by atoms with Crippen molar-refractivity contribution in [3.63, 3.8) is 0 Å². The SMILES string of the molecule is N#Cc1ccc(NC(=O)OC(C(=O)NC(c2ccncc2)C2CCNCC2)c2ccccc2)cc1. The van der Waals surface area contributed by atoms with E-state index in [0.717, 1.165) is 31.5 Å². The van der Waals surface area contributed by atoms with Crippen LogP contribution in [0, 0.1) is 17.2 Å². The highest BCUT2D eigenvalue weighted by Gasteiger charge is 2.31. The van der Waals surface area contributed by atoms with Gasteiger partial charge in [0.05, 0.1) is 17.7 Å². The van der Waals surface area contributed by atoms with E-state index in [1.54, 1.807) is 60.9 Å². The standard InChI is InChI=1S/C27H27N5O3/c28-18-19-6-8-23(9-7-19)31-27(34)35-25(22-4-2-1-3-5-22)26(33)32-24(20-10-14-29-15-11-20)21-12-16-30-17-13-21/h1-11,14-15,21,24-25,30H,12-13,16-17H2,(H,31,34)(H,32,33). The Labute approximate surface area is 204 Å². The molecule has 0 bridgehead atoms. The number of benzene rings is 2. The number of nitriles is 1. The number of hydrogen-bond donors (Lipinski definition) is 3. The fraction of sp³-hybridized carbons (Fsp3) is 0.259. The third-order valence-electron chi connectivity index (χ3n) is 6.04. The topological polar surface area (TPSA) is 116 Å². The molecule has 2 amide bonds. The van der Waals surface area contributed by atoms with Crippen LogP contribution >= 0.6 is 0 Å². The summed E-state index contributed by atoms with van der Waals surface area (Å²) in [5.41, 5.74) is 2.48. The zero-order valence-corrected chi connectivity index (χ0v) is 19.2. The van der Waals surface area contributed by atoms with Gasteiger partial charge in [-0.1, -0.05) is 30.3 Å². The van der Waals surface area contributed by atoms with Crippen molar-refractivity contribution in [2.45, 2.75) is 25.0 Å². The Balaban J connectivity index is 1.53. The zero-order chi connectivity index (χ0) is 24.5. The predicted molar refractivity (Wildman–Crippen MR) is 131 cm³/mol. The zero-order valence-electron chi connectivity index (χ0n) is 19.2. The summed E-state index contributed by atoms with van der Waals surface area (Å²) in [4.78, 5) is 30.4. The molecule has 0 spiro atoms. The van der Waals surface area contributed by atoms with Crippen molar-refractivity contribution in [2.75, 3.05) is 18.4 Å². The van der Waals surface area contributed by atoms with Gasteiger partial charge in [-0.05, 0) is 73.8 Å². The summed E-state index contributed by atoms with van der Waals surface area (Å²) in [6, 6.07) is 20.9. The average Bonchev–Trinajstić information content (AvgIpc) is 2.92. The first-order valence-electron chi connectivity index (χ1n) is 11.6. The van der Waals surface area contributed by atoms with Gasteiger partial charge in [-0.25, -0.2) is 4.79 Å². The Morgan fingerprint density at radius 2 is 1.66 bits per heavy atom. The van der Waals surface area contributed by atoms with Gasteiger partial charge in [-0.3, -0.25) is 15.1 Å². The summed E-state index contributed by atoms with van der Waals surface area (Å²) in [7, 11) is 0. The highest BCUT2D eigenvalue weighted by atomic mass is 16.6. The number of nitrogens with zero attached hydrogens (tertiary/aromatic N) is 2. The van der Waals surface area contributed by atoms with E-state index in [9.17, 15) is 9.59 Å². The molecule has 3 aromatic rings. The fourth-order valence-electron chi connectivity index (χ4n) is 4.23. The quantitative estimate of drug-likeness (QED) is 0.480. The number of pyridine rings is 1. The Hall–Kier alpha value is -4.22. The van der Waals surface area contributed by atoms with Crippen LogP contribution in [0.2, 0.25) is 0 Å². The number of carbonyl (C=O) groups excluding carboxylic acids is 2. The highest BCUT2D eigenvalue weighted by molar-refractivity contribution is 5.89. The number of amides is 2. The Morgan fingerprint density at radius 1 is 0.971 bits per heavy atom. The minimum Gasteiger partial charge on any atom is -0.431 e. The molecule has 1 aliphatic heterocycles. The molecule has 1 aliphatic rings. The van der Waals surface area contributed by atoms with Crippen molar-refractivity contribution in [2.24, 2.45) is 5.92 Å². The molecule has 0 radical (unpaired) electrons. The normalized spacial score (nSPS) is 15.3. The second-order valence-corrected chi connectivity index (χ2v) is 8.36. The lowest BCUT2D eigenvalue weighted by molar-refractivity contribution is -0.131. The Morgan fingerprint density at radius 3 is 2.31 bits per heavy atom. The molecule has 1 fully saturated rings. The molecule has 3 N–H and O–H groups in total. The number of anilines is 1. The van der Waals surface area contributed by atoms with E-state index in [-0.39, 0.29) is 12.0 Å². The summed E-state index contributed by atoms with van der Waals surface area (Å²) in [6.45, 7) is 1.77. The summed E-state index contributed by atoms with van der Waals surface area (Å²) in [5, 5.41) is 18.1. The molecule has 2 unspecified atom stereocenters. The lowest BCUT2D eigenvalue weighted by Gasteiger charge is -2.32. The summed E-state index contributed by atoms with van der Waals surface area (Å²) >= 11 is 0. The number of nitrogens with one attached hydrogen (secondary N) is 3. The van der Waals surface area contributed by atoms with E-state index in [1.165, 1.54) is 0 Å². The van der Waals surface area contributed by atoms with Crippen LogP contribution in [0.4, 0.5) is 10.5 Å². The second-order valence-electron chi connectivity index (χ2n) is 8.36. The molecule has 2 atom stereocenters. The number of aromatic nitrogens is 1. The molecule has 8 heteroatoms. The van der Waals surface area contributed by atoms with E-state index in [4.69, 9.17) is 10.00 Å². The van der Waals surface area contributed by atoms with Gasteiger partial charge in [0.1, 0.15) is 0 Å². The van der Waals surface area contributed by atoms with E-state index >= 15 is 0 Å². The monoisotopic (exact) mass is 469 g/mol. The molecule has 0 saturated carbocycles. The molecule has 178 valence electrons. The van der Waals surface area contributed by atoms with Crippen LogP contribution in [-0.4, -0.2) is 30.1 Å². The van der Waals surface area contributed by atoms with Crippen LogP contribution in [0.15, 0.2) is 79.1 Å². The van der Waals surface area contributed by atoms with Gasteiger partial charge >= 0.3 is 6.09 Å². The van der Waals surface area contributed by atoms with Crippen LogP contribution < -0.4 is 16.0 Å². The molecule has 1 saturated heterocycles. The third-order valence-corrected chi connectivity index (χ3v) is 6.04. The first kappa shape index (κ1) is 23.9. The minimum atomic E-state index is -1.14. The molecule has 8 nitrogen and oxygen atoms in total. The first-order valence-corrected chi connectivity index (χ1v) is 11.6. The Kier molecular flexibility index (Phi) is 8.04. The lowest BCUT2D eigenvalue weighted by Crippen LogP contribution is -2.41. The van der Waals surface area contributed by atoms with Crippen LogP contribution in [0.5, 0.6) is 0 Å². The van der Waals surface area contributed by atoms with Crippen LogP contribution in [0.1, 0.15) is 41.7 Å². The van der Waals surface area contributed by atoms with E-state index in [2.05, 4.69) is 20.9 Å². The molecule has 35 heavy (non-hydrogen) atoms. The van der Waals surface area contributed by atoms with Gasteiger partial charge in [0.25, 0.3) is 5.91 Å². The van der Waals surface area contributed by atoms with Crippen LogP contribution in [0.3, 0.4) is 0 Å². The van der Waals surface area contributed by atoms with Crippen molar-refractivity contribution in [3.8, 4) is 6.07 Å². The average molecular weight is 470 g/mol. The number of ether oxygens (including phenoxy) is 1. The fourth-order valence-corrected chi connectivity index (χ4v) is 4.23. The van der Waals surface area contributed by atoms with Crippen molar-refractivity contribution in [3.05, 3.63) is 95.8 Å². The molecular formula is C27H27N5O3. The van der Waals surface area contributed by atoms with Gasteiger partial charge in [0, 0.05) is 23.6 Å². The maximum absolute atomic E-state index is 13.6. The van der Waals surface area contributed by atoms with E-state index < -0.39 is 18.1 Å². The smallest absolute Gasteiger partial charge is 0.412 e. The minimum absolute atomic E-state index is 0.232. The summed E-state index contributed by atoms with van der Waals surface area (Å²) in [6.07, 6.45) is 3.37. The Bertz CT molecular complexity index is 1160. The van der Waals surface area contributed by atoms with E-state index in [0.29, 0.717) is 16.8 Å². The van der Waals surface area contributed by atoms with Gasteiger partial charge in [0.15, 0.2) is 0 Å². The largest absolute Gasteiger partial charge is 0.431 e. The molecule has 4 rings (SSSR count). The molecule has 2 heterocycles. The molecule has 1 aromatic heterocycles. The molecule has 0 aliphatic carbocycles. The van der Waals surface area contributed by atoms with Gasteiger partial charge in [-0.15, -0.1) is 0 Å².